The minimum atomic E-state index is -0.230. The Kier molecular flexibility index (Phi) is 6.91. The second kappa shape index (κ2) is 9.37. The fourth-order valence-electron chi connectivity index (χ4n) is 4.14. The number of β-amino-alcohol motifs (C(OH)–C–C–N with tert-alkyl or cyclic N) is 1. The van der Waals surface area contributed by atoms with Gasteiger partial charge >= 0.3 is 0 Å². The summed E-state index contributed by atoms with van der Waals surface area (Å²) in [6, 6.07) is 8.41. The molecule has 0 radical (unpaired) electrons. The molecule has 2 fully saturated rings. The van der Waals surface area contributed by atoms with Crippen LogP contribution in [0.25, 0.3) is 6.08 Å². The predicted molar refractivity (Wildman–Crippen MR) is 103 cm³/mol. The molecule has 0 aromatic heterocycles. The maximum Gasteiger partial charge on any atom is 0.126 e. The van der Waals surface area contributed by atoms with Crippen molar-refractivity contribution in [2.45, 2.75) is 44.2 Å². The summed E-state index contributed by atoms with van der Waals surface area (Å²) in [4.78, 5) is 4.89. The van der Waals surface area contributed by atoms with Crippen molar-refractivity contribution in [3.8, 4) is 5.75 Å². The van der Waals surface area contributed by atoms with E-state index < -0.39 is 0 Å². The molecule has 0 unspecified atom stereocenters. The lowest BCUT2D eigenvalue weighted by Gasteiger charge is -2.41. The van der Waals surface area contributed by atoms with Crippen molar-refractivity contribution < 1.29 is 9.84 Å². The Bertz CT molecular complexity index is 553. The number of aliphatic hydroxyl groups excluding tert-OH is 1. The highest BCUT2D eigenvalue weighted by molar-refractivity contribution is 5.57. The van der Waals surface area contributed by atoms with E-state index in [1.54, 1.807) is 7.11 Å². The smallest absolute Gasteiger partial charge is 0.126 e. The Morgan fingerprint density at radius 2 is 1.88 bits per heavy atom. The number of nitrogens with zero attached hydrogens (tertiary/aromatic N) is 2. The van der Waals surface area contributed by atoms with Crippen LogP contribution in [0.2, 0.25) is 0 Å². The molecule has 4 heteroatoms. The zero-order valence-corrected chi connectivity index (χ0v) is 15.4. The number of piperidine rings is 1. The van der Waals surface area contributed by atoms with E-state index in [2.05, 4.69) is 28.0 Å². The van der Waals surface area contributed by atoms with Crippen LogP contribution in [0.3, 0.4) is 0 Å². The van der Waals surface area contributed by atoms with Gasteiger partial charge in [0.25, 0.3) is 0 Å². The van der Waals surface area contributed by atoms with E-state index in [0.29, 0.717) is 6.04 Å². The van der Waals surface area contributed by atoms with Gasteiger partial charge in [-0.1, -0.05) is 43.2 Å². The lowest BCUT2D eigenvalue weighted by Crippen LogP contribution is -2.54. The summed E-state index contributed by atoms with van der Waals surface area (Å²) in [5.74, 6) is 0.902. The van der Waals surface area contributed by atoms with Crippen LogP contribution < -0.4 is 4.74 Å². The second-order valence-electron chi connectivity index (χ2n) is 7.28. The molecule has 3 rings (SSSR count). The third kappa shape index (κ3) is 5.06. The fraction of sp³-hybridized carbons (Fsp3) is 0.619. The van der Waals surface area contributed by atoms with Crippen LogP contribution in [0.1, 0.15) is 37.7 Å². The molecule has 0 bridgehead atoms. The number of methoxy groups -OCH3 is 1. The Labute approximate surface area is 152 Å². The van der Waals surface area contributed by atoms with Gasteiger partial charge in [-0.3, -0.25) is 9.80 Å². The number of para-hydroxylation sites is 1. The molecule has 2 heterocycles. The first kappa shape index (κ1) is 18.4. The summed E-state index contributed by atoms with van der Waals surface area (Å²) in [5, 5.41) is 10.7. The van der Waals surface area contributed by atoms with Gasteiger partial charge in [-0.2, -0.15) is 0 Å². The van der Waals surface area contributed by atoms with Gasteiger partial charge in [-0.15, -0.1) is 0 Å². The number of hydrogen-bond donors (Lipinski definition) is 1. The van der Waals surface area contributed by atoms with Crippen molar-refractivity contribution in [1.82, 2.24) is 9.80 Å². The van der Waals surface area contributed by atoms with Crippen LogP contribution in [0.15, 0.2) is 30.3 Å². The van der Waals surface area contributed by atoms with Crippen molar-refractivity contribution in [1.29, 1.82) is 0 Å². The van der Waals surface area contributed by atoms with Gasteiger partial charge in [0.05, 0.1) is 13.2 Å². The molecular formula is C21H32N2O2. The van der Waals surface area contributed by atoms with Crippen molar-refractivity contribution in [2.75, 3.05) is 39.8 Å². The summed E-state index contributed by atoms with van der Waals surface area (Å²) in [5.41, 5.74) is 1.10. The van der Waals surface area contributed by atoms with Gasteiger partial charge in [-0.25, -0.2) is 0 Å². The van der Waals surface area contributed by atoms with Gasteiger partial charge in [0.15, 0.2) is 0 Å². The molecule has 2 atom stereocenters. The molecule has 1 aromatic carbocycles. The van der Waals surface area contributed by atoms with Crippen LogP contribution >= 0.6 is 0 Å². The summed E-state index contributed by atoms with van der Waals surface area (Å²) in [6.07, 6.45) is 10.4. The SMILES string of the molecule is COc1ccccc1/C=C/CN1CC[C@@H](N2CCCCCC2)[C@H](O)C1. The Hall–Kier alpha value is -1.36. The highest BCUT2D eigenvalue weighted by Gasteiger charge is 2.31. The van der Waals surface area contributed by atoms with Gasteiger partial charge in [0.1, 0.15) is 5.75 Å². The fourth-order valence-corrected chi connectivity index (χ4v) is 4.14. The van der Waals surface area contributed by atoms with Gasteiger partial charge in [0, 0.05) is 31.2 Å². The largest absolute Gasteiger partial charge is 0.496 e. The normalized spacial score (nSPS) is 26.6. The molecule has 0 aliphatic carbocycles. The first-order valence-corrected chi connectivity index (χ1v) is 9.72. The summed E-state index contributed by atoms with van der Waals surface area (Å²) >= 11 is 0. The maximum atomic E-state index is 10.7. The highest BCUT2D eigenvalue weighted by atomic mass is 16.5. The number of aliphatic hydroxyl groups is 1. The van der Waals surface area contributed by atoms with Crippen molar-refractivity contribution in [3.05, 3.63) is 35.9 Å². The molecule has 1 N–H and O–H groups in total. The van der Waals surface area contributed by atoms with Crippen LogP contribution in [0, 0.1) is 0 Å². The van der Waals surface area contributed by atoms with E-state index >= 15 is 0 Å². The van der Waals surface area contributed by atoms with E-state index in [0.717, 1.165) is 50.5 Å². The molecule has 0 amide bonds. The molecule has 25 heavy (non-hydrogen) atoms. The number of ether oxygens (including phenoxy) is 1. The van der Waals surface area contributed by atoms with E-state index in [4.69, 9.17) is 4.74 Å². The minimum absolute atomic E-state index is 0.230. The van der Waals surface area contributed by atoms with Crippen LogP contribution in [-0.4, -0.2) is 66.9 Å². The monoisotopic (exact) mass is 344 g/mol. The van der Waals surface area contributed by atoms with Gasteiger partial charge in [0.2, 0.25) is 0 Å². The molecule has 2 aliphatic rings. The topological polar surface area (TPSA) is 35.9 Å². The van der Waals surface area contributed by atoms with Gasteiger partial charge < -0.3 is 9.84 Å². The van der Waals surface area contributed by atoms with Crippen LogP contribution in [-0.2, 0) is 0 Å². The molecule has 138 valence electrons. The second-order valence-corrected chi connectivity index (χ2v) is 7.28. The van der Waals surface area contributed by atoms with E-state index in [1.807, 2.05) is 18.2 Å². The minimum Gasteiger partial charge on any atom is -0.496 e. The number of benzene rings is 1. The summed E-state index contributed by atoms with van der Waals surface area (Å²) < 4.78 is 5.39. The lowest BCUT2D eigenvalue weighted by molar-refractivity contribution is -0.00866. The summed E-state index contributed by atoms with van der Waals surface area (Å²) in [7, 11) is 1.71. The van der Waals surface area contributed by atoms with Crippen molar-refractivity contribution in [2.24, 2.45) is 0 Å². The first-order chi connectivity index (χ1) is 12.3. The van der Waals surface area contributed by atoms with Crippen molar-refractivity contribution >= 4 is 6.08 Å². The highest BCUT2D eigenvalue weighted by Crippen LogP contribution is 2.22. The maximum absolute atomic E-state index is 10.7. The third-order valence-corrected chi connectivity index (χ3v) is 5.54. The quantitative estimate of drug-likeness (QED) is 0.891. The number of hydrogen-bond acceptors (Lipinski definition) is 4. The number of likely N-dealkylation sites (tertiary alicyclic amines) is 2. The Balaban J connectivity index is 1.50. The van der Waals surface area contributed by atoms with E-state index in [1.165, 1.54) is 25.7 Å². The standard InChI is InChI=1S/C21H32N2O2/c1-25-21-11-5-4-9-18(21)10-8-13-22-16-12-19(20(24)17-22)23-14-6-2-3-7-15-23/h4-5,8-11,19-20,24H,2-3,6-7,12-17H2,1H3/b10-8+/t19-,20-/m1/s1. The molecule has 2 saturated heterocycles. The molecule has 0 spiro atoms. The predicted octanol–water partition coefficient (Wildman–Crippen LogP) is 3.02. The zero-order valence-electron chi connectivity index (χ0n) is 15.4. The van der Waals surface area contributed by atoms with E-state index in [-0.39, 0.29) is 6.10 Å². The zero-order chi connectivity index (χ0) is 17.5. The summed E-state index contributed by atoms with van der Waals surface area (Å²) in [6.45, 7) is 5.04. The van der Waals surface area contributed by atoms with Crippen LogP contribution in [0.4, 0.5) is 0 Å². The molecule has 0 saturated carbocycles. The average molecular weight is 344 g/mol. The van der Waals surface area contributed by atoms with Gasteiger partial charge in [-0.05, 0) is 38.4 Å². The lowest BCUT2D eigenvalue weighted by atomic mass is 9.99. The molecule has 4 nitrogen and oxygen atoms in total. The average Bonchev–Trinajstić information content (AvgIpc) is 2.91. The van der Waals surface area contributed by atoms with E-state index in [9.17, 15) is 5.11 Å². The molecular weight excluding hydrogens is 312 g/mol. The van der Waals surface area contributed by atoms with Crippen LogP contribution in [0.5, 0.6) is 5.75 Å². The molecule has 1 aromatic rings. The third-order valence-electron chi connectivity index (χ3n) is 5.54. The molecule has 2 aliphatic heterocycles. The number of rotatable bonds is 5. The Morgan fingerprint density at radius 3 is 2.60 bits per heavy atom. The first-order valence-electron chi connectivity index (χ1n) is 9.72. The Morgan fingerprint density at radius 1 is 1.12 bits per heavy atom. The van der Waals surface area contributed by atoms with Crippen molar-refractivity contribution in [3.63, 3.8) is 0 Å².